The number of para-hydroxylation sites is 1. The van der Waals surface area contributed by atoms with Gasteiger partial charge in [0.2, 0.25) is 0 Å². The maximum atomic E-state index is 4.70. The van der Waals surface area contributed by atoms with Crippen LogP contribution in [-0.2, 0) is 0 Å². The van der Waals surface area contributed by atoms with Crippen LogP contribution in [0.2, 0.25) is 0 Å². The fourth-order valence-corrected chi connectivity index (χ4v) is 2.68. The second kappa shape index (κ2) is 3.64. The predicted molar refractivity (Wildman–Crippen MR) is 72.6 cm³/mol. The van der Waals surface area contributed by atoms with Gasteiger partial charge in [0.05, 0.1) is 11.1 Å². The van der Waals surface area contributed by atoms with Gasteiger partial charge < -0.3 is 0 Å². The number of rotatable bonds is 0. The highest BCUT2D eigenvalue weighted by atomic mass is 14.8. The molecule has 2 bridgehead atoms. The third-order valence-corrected chi connectivity index (χ3v) is 3.57. The molecule has 18 heavy (non-hydrogen) atoms. The average Bonchev–Trinajstić information content (AvgIpc) is 2.74. The van der Waals surface area contributed by atoms with E-state index in [4.69, 9.17) is 4.99 Å². The minimum absolute atomic E-state index is 0.911. The number of hydrogen-bond donors (Lipinski definition) is 0. The first-order chi connectivity index (χ1) is 8.90. The Morgan fingerprint density at radius 2 is 1.94 bits per heavy atom. The molecule has 86 valence electrons. The van der Waals surface area contributed by atoms with Crippen LogP contribution in [0.25, 0.3) is 5.57 Å². The molecule has 0 N–H and O–H groups in total. The highest BCUT2D eigenvalue weighted by Gasteiger charge is 2.18. The van der Waals surface area contributed by atoms with E-state index < -0.39 is 0 Å². The number of nitrogens with zero attached hydrogens (tertiary/aromatic N) is 2. The molecule has 2 aliphatic heterocycles. The van der Waals surface area contributed by atoms with Crippen LogP contribution in [0.5, 0.6) is 0 Å². The van der Waals surface area contributed by atoms with E-state index >= 15 is 0 Å². The second-order valence-corrected chi connectivity index (χ2v) is 4.77. The standard InChI is InChI=1S/C16H12N2/c1-2-4-15-13(3-1)14-10-12-9-11(7-8-17-12)5-6-16(14)18-15/h1-8H,9-10H2. The molecule has 3 aliphatic rings. The van der Waals surface area contributed by atoms with Gasteiger partial charge in [0.25, 0.3) is 0 Å². The SMILES string of the molecule is C1=CC2=CC=C3N=c4ccccc4=C3CC(=N1)C2. The van der Waals surface area contributed by atoms with Crippen molar-refractivity contribution < 1.29 is 0 Å². The summed E-state index contributed by atoms with van der Waals surface area (Å²) in [5, 5.41) is 2.35. The number of allylic oxidation sites excluding steroid dienone is 5. The number of fused-ring (bicyclic) bond motifs is 4. The van der Waals surface area contributed by atoms with Gasteiger partial charge in [0, 0.05) is 30.0 Å². The fourth-order valence-electron chi connectivity index (χ4n) is 2.68. The summed E-state index contributed by atoms with van der Waals surface area (Å²) in [5.41, 5.74) is 4.96. The largest absolute Gasteiger partial charge is 0.265 e. The van der Waals surface area contributed by atoms with Crippen molar-refractivity contribution in [3.8, 4) is 0 Å². The zero-order chi connectivity index (χ0) is 11.9. The molecule has 0 unspecified atom stereocenters. The summed E-state index contributed by atoms with van der Waals surface area (Å²) >= 11 is 0. The molecule has 0 fully saturated rings. The quantitative estimate of drug-likeness (QED) is 0.654. The minimum Gasteiger partial charge on any atom is -0.265 e. The fraction of sp³-hybridized carbons (Fsp3) is 0.125. The monoisotopic (exact) mass is 232 g/mol. The lowest BCUT2D eigenvalue weighted by atomic mass is 9.95. The van der Waals surface area contributed by atoms with Gasteiger partial charge in [0.1, 0.15) is 0 Å². The van der Waals surface area contributed by atoms with E-state index in [1.807, 2.05) is 12.3 Å². The van der Waals surface area contributed by atoms with Crippen molar-refractivity contribution in [3.63, 3.8) is 0 Å². The predicted octanol–water partition coefficient (Wildman–Crippen LogP) is 2.04. The molecule has 2 heteroatoms. The molecule has 2 heterocycles. The summed E-state index contributed by atoms with van der Waals surface area (Å²) in [4.78, 5) is 9.19. The highest BCUT2D eigenvalue weighted by molar-refractivity contribution is 5.97. The van der Waals surface area contributed by atoms with Crippen molar-refractivity contribution in [2.45, 2.75) is 12.8 Å². The molecule has 0 saturated heterocycles. The third-order valence-electron chi connectivity index (χ3n) is 3.57. The van der Waals surface area contributed by atoms with E-state index in [-0.39, 0.29) is 0 Å². The van der Waals surface area contributed by atoms with Crippen molar-refractivity contribution >= 4 is 11.3 Å². The summed E-state index contributed by atoms with van der Waals surface area (Å²) in [6.45, 7) is 0. The first-order valence-corrected chi connectivity index (χ1v) is 6.20. The molecule has 0 atom stereocenters. The third kappa shape index (κ3) is 1.42. The van der Waals surface area contributed by atoms with E-state index in [0.717, 1.165) is 23.9 Å². The highest BCUT2D eigenvalue weighted by Crippen LogP contribution is 2.26. The number of hydrogen-bond acceptors (Lipinski definition) is 2. The minimum atomic E-state index is 0.911. The van der Waals surface area contributed by atoms with Gasteiger partial charge in [-0.25, -0.2) is 4.99 Å². The van der Waals surface area contributed by atoms with E-state index in [9.17, 15) is 0 Å². The van der Waals surface area contributed by atoms with Crippen LogP contribution in [0.15, 0.2) is 69.9 Å². The zero-order valence-electron chi connectivity index (χ0n) is 9.93. The first-order valence-electron chi connectivity index (χ1n) is 6.20. The average molecular weight is 232 g/mol. The van der Waals surface area contributed by atoms with Gasteiger partial charge in [-0.1, -0.05) is 24.3 Å². The number of benzene rings is 1. The zero-order valence-corrected chi connectivity index (χ0v) is 9.93. The van der Waals surface area contributed by atoms with Crippen LogP contribution in [0.1, 0.15) is 12.8 Å². The smallest absolute Gasteiger partial charge is 0.0713 e. The second-order valence-electron chi connectivity index (χ2n) is 4.77. The van der Waals surface area contributed by atoms with E-state index in [1.165, 1.54) is 22.1 Å². The Kier molecular flexibility index (Phi) is 1.97. The lowest BCUT2D eigenvalue weighted by molar-refractivity contribution is 1.19. The van der Waals surface area contributed by atoms with Crippen LogP contribution in [0, 0.1) is 0 Å². The number of aliphatic imine (C=N–C) groups is 1. The Balaban J connectivity index is 2.02. The molecule has 1 aliphatic carbocycles. The molecule has 1 aromatic carbocycles. The Labute approximate surface area is 105 Å². The Morgan fingerprint density at radius 1 is 1.00 bits per heavy atom. The molecule has 1 aromatic rings. The van der Waals surface area contributed by atoms with Crippen LogP contribution in [0.4, 0.5) is 0 Å². The molecule has 0 radical (unpaired) electrons. The van der Waals surface area contributed by atoms with Gasteiger partial charge >= 0.3 is 0 Å². The van der Waals surface area contributed by atoms with Crippen molar-refractivity contribution in [2.24, 2.45) is 9.98 Å². The molecule has 2 nitrogen and oxygen atoms in total. The molecular formula is C16H12N2. The Bertz CT molecular complexity index is 774. The van der Waals surface area contributed by atoms with Crippen molar-refractivity contribution in [2.75, 3.05) is 0 Å². The van der Waals surface area contributed by atoms with Crippen molar-refractivity contribution in [1.29, 1.82) is 0 Å². The molecule has 0 amide bonds. The summed E-state index contributed by atoms with van der Waals surface area (Å²) in [6, 6.07) is 8.35. The van der Waals surface area contributed by atoms with Gasteiger partial charge in [-0.15, -0.1) is 0 Å². The van der Waals surface area contributed by atoms with Gasteiger partial charge in [-0.2, -0.15) is 0 Å². The maximum absolute atomic E-state index is 4.70. The lowest BCUT2D eigenvalue weighted by Gasteiger charge is -2.14. The topological polar surface area (TPSA) is 24.7 Å². The van der Waals surface area contributed by atoms with E-state index in [0.29, 0.717) is 0 Å². The van der Waals surface area contributed by atoms with Gasteiger partial charge in [-0.3, -0.25) is 4.99 Å². The molecular weight excluding hydrogens is 220 g/mol. The van der Waals surface area contributed by atoms with Crippen LogP contribution >= 0.6 is 0 Å². The van der Waals surface area contributed by atoms with E-state index in [2.05, 4.69) is 41.4 Å². The van der Waals surface area contributed by atoms with Crippen LogP contribution < -0.4 is 10.6 Å². The van der Waals surface area contributed by atoms with Crippen molar-refractivity contribution in [3.05, 3.63) is 70.5 Å². The van der Waals surface area contributed by atoms with Gasteiger partial charge in [-0.05, 0) is 29.4 Å². The lowest BCUT2D eigenvalue weighted by Crippen LogP contribution is -2.23. The Morgan fingerprint density at radius 3 is 2.94 bits per heavy atom. The van der Waals surface area contributed by atoms with E-state index in [1.54, 1.807) is 0 Å². The summed E-state index contributed by atoms with van der Waals surface area (Å²) in [6.07, 6.45) is 10.2. The summed E-state index contributed by atoms with van der Waals surface area (Å²) < 4.78 is 0. The normalized spacial score (nSPS) is 19.8. The van der Waals surface area contributed by atoms with Crippen LogP contribution in [-0.4, -0.2) is 5.71 Å². The molecule has 0 spiro atoms. The van der Waals surface area contributed by atoms with Crippen molar-refractivity contribution in [1.82, 2.24) is 0 Å². The van der Waals surface area contributed by atoms with Gasteiger partial charge in [0.15, 0.2) is 0 Å². The summed E-state index contributed by atoms with van der Waals surface area (Å²) in [7, 11) is 0. The summed E-state index contributed by atoms with van der Waals surface area (Å²) in [5.74, 6) is 0. The Hall–Kier alpha value is -2.22. The molecule has 4 rings (SSSR count). The molecule has 0 aromatic heterocycles. The molecule has 0 saturated carbocycles. The van der Waals surface area contributed by atoms with Crippen LogP contribution in [0.3, 0.4) is 0 Å². The maximum Gasteiger partial charge on any atom is 0.0713 e. The first kappa shape index (κ1) is 9.77.